The lowest BCUT2D eigenvalue weighted by Gasteiger charge is -2.07. The summed E-state index contributed by atoms with van der Waals surface area (Å²) in [5, 5.41) is 6.97. The lowest BCUT2D eigenvalue weighted by molar-refractivity contribution is -0.123. The van der Waals surface area contributed by atoms with Gasteiger partial charge in [0.1, 0.15) is 5.75 Å². The third-order valence-electron chi connectivity index (χ3n) is 2.71. The Bertz CT molecular complexity index is 505. The summed E-state index contributed by atoms with van der Waals surface area (Å²) in [5.74, 6) is 0.634. The van der Waals surface area contributed by atoms with Crippen molar-refractivity contribution in [1.82, 2.24) is 5.32 Å². The van der Waals surface area contributed by atoms with Crippen molar-refractivity contribution < 1.29 is 9.53 Å². The van der Waals surface area contributed by atoms with Gasteiger partial charge in [-0.05, 0) is 47.9 Å². The number of aryl methyl sites for hydroxylation is 1. The van der Waals surface area contributed by atoms with E-state index in [0.717, 1.165) is 12.2 Å². The first kappa shape index (κ1) is 13.6. The SMILES string of the molecule is Cc1ccc(OCC(=O)NCCc2ccsc2)cc1. The van der Waals surface area contributed by atoms with Crippen LogP contribution < -0.4 is 10.1 Å². The average Bonchev–Trinajstić information content (AvgIpc) is 2.91. The van der Waals surface area contributed by atoms with E-state index in [0.29, 0.717) is 6.54 Å². The van der Waals surface area contributed by atoms with Gasteiger partial charge in [0.05, 0.1) is 0 Å². The lowest BCUT2D eigenvalue weighted by atomic mass is 10.2. The fraction of sp³-hybridized carbons (Fsp3) is 0.267. The van der Waals surface area contributed by atoms with Gasteiger partial charge in [0.2, 0.25) is 0 Å². The predicted molar refractivity (Wildman–Crippen MR) is 77.7 cm³/mol. The first-order valence-electron chi connectivity index (χ1n) is 6.21. The lowest BCUT2D eigenvalue weighted by Crippen LogP contribution is -2.30. The molecule has 0 saturated heterocycles. The highest BCUT2D eigenvalue weighted by atomic mass is 32.1. The second-order valence-corrected chi connectivity index (χ2v) is 5.11. The highest BCUT2D eigenvalue weighted by Crippen LogP contribution is 2.11. The number of amides is 1. The highest BCUT2D eigenvalue weighted by Gasteiger charge is 2.02. The topological polar surface area (TPSA) is 38.3 Å². The predicted octanol–water partition coefficient (Wildman–Crippen LogP) is 2.79. The van der Waals surface area contributed by atoms with Crippen molar-refractivity contribution in [2.45, 2.75) is 13.3 Å². The molecule has 1 heterocycles. The highest BCUT2D eigenvalue weighted by molar-refractivity contribution is 7.07. The van der Waals surface area contributed by atoms with Crippen LogP contribution in [-0.4, -0.2) is 19.1 Å². The monoisotopic (exact) mass is 275 g/mol. The molecule has 0 fully saturated rings. The zero-order valence-electron chi connectivity index (χ0n) is 10.9. The van der Waals surface area contributed by atoms with Crippen molar-refractivity contribution in [1.29, 1.82) is 0 Å². The molecule has 2 aromatic rings. The van der Waals surface area contributed by atoms with Crippen LogP contribution in [0.4, 0.5) is 0 Å². The minimum Gasteiger partial charge on any atom is -0.484 e. The third kappa shape index (κ3) is 4.75. The first-order valence-corrected chi connectivity index (χ1v) is 7.15. The molecule has 1 aromatic carbocycles. The molecule has 0 bridgehead atoms. The Kier molecular flexibility index (Phi) is 4.98. The van der Waals surface area contributed by atoms with Crippen LogP contribution >= 0.6 is 11.3 Å². The van der Waals surface area contributed by atoms with Gasteiger partial charge in [-0.15, -0.1) is 0 Å². The molecule has 0 radical (unpaired) electrons. The summed E-state index contributed by atoms with van der Waals surface area (Å²) in [6.45, 7) is 2.72. The van der Waals surface area contributed by atoms with Crippen LogP contribution in [0.3, 0.4) is 0 Å². The van der Waals surface area contributed by atoms with Gasteiger partial charge in [0, 0.05) is 6.54 Å². The van der Waals surface area contributed by atoms with Crippen LogP contribution in [0.1, 0.15) is 11.1 Å². The molecular formula is C15H17NO2S. The number of carbonyl (C=O) groups is 1. The molecule has 1 aromatic heterocycles. The van der Waals surface area contributed by atoms with E-state index in [1.165, 1.54) is 11.1 Å². The number of carbonyl (C=O) groups excluding carboxylic acids is 1. The van der Waals surface area contributed by atoms with Gasteiger partial charge in [-0.2, -0.15) is 11.3 Å². The first-order chi connectivity index (χ1) is 9.24. The molecule has 0 saturated carbocycles. The molecule has 1 amide bonds. The van der Waals surface area contributed by atoms with Crippen molar-refractivity contribution in [2.24, 2.45) is 0 Å². The Hall–Kier alpha value is -1.81. The molecule has 100 valence electrons. The van der Waals surface area contributed by atoms with Gasteiger partial charge < -0.3 is 10.1 Å². The fourth-order valence-electron chi connectivity index (χ4n) is 1.62. The smallest absolute Gasteiger partial charge is 0.257 e. The van der Waals surface area contributed by atoms with Gasteiger partial charge in [0.15, 0.2) is 6.61 Å². The summed E-state index contributed by atoms with van der Waals surface area (Å²) in [7, 11) is 0. The maximum Gasteiger partial charge on any atom is 0.257 e. The van der Waals surface area contributed by atoms with Crippen LogP contribution in [0.2, 0.25) is 0 Å². The van der Waals surface area contributed by atoms with Crippen LogP contribution in [0.5, 0.6) is 5.75 Å². The van der Waals surface area contributed by atoms with Crippen molar-refractivity contribution in [2.75, 3.05) is 13.2 Å². The second-order valence-electron chi connectivity index (χ2n) is 4.33. The maximum absolute atomic E-state index is 11.6. The molecule has 19 heavy (non-hydrogen) atoms. The number of hydrogen-bond donors (Lipinski definition) is 1. The summed E-state index contributed by atoms with van der Waals surface area (Å²) < 4.78 is 5.40. The molecule has 2 rings (SSSR count). The zero-order chi connectivity index (χ0) is 13.5. The number of benzene rings is 1. The summed E-state index contributed by atoms with van der Waals surface area (Å²) in [6, 6.07) is 9.73. The Morgan fingerprint density at radius 2 is 2.05 bits per heavy atom. The standard InChI is InChI=1S/C15H17NO2S/c1-12-2-4-14(5-3-12)18-10-15(17)16-8-6-13-7-9-19-11-13/h2-5,7,9,11H,6,8,10H2,1H3,(H,16,17). The number of nitrogens with one attached hydrogen (secondary N) is 1. The van der Waals surface area contributed by atoms with Gasteiger partial charge in [-0.25, -0.2) is 0 Å². The summed E-state index contributed by atoms with van der Waals surface area (Å²) in [6.07, 6.45) is 0.861. The van der Waals surface area contributed by atoms with Crippen molar-refractivity contribution in [3.63, 3.8) is 0 Å². The largest absolute Gasteiger partial charge is 0.484 e. The van der Waals surface area contributed by atoms with Gasteiger partial charge in [-0.3, -0.25) is 4.79 Å². The van der Waals surface area contributed by atoms with E-state index in [1.54, 1.807) is 11.3 Å². The number of rotatable bonds is 6. The van der Waals surface area contributed by atoms with Crippen molar-refractivity contribution >= 4 is 17.2 Å². The number of thiophene rings is 1. The Labute approximate surface area is 117 Å². The molecule has 1 N–H and O–H groups in total. The fourth-order valence-corrected chi connectivity index (χ4v) is 2.32. The minimum absolute atomic E-state index is 0.0622. The number of ether oxygens (including phenoxy) is 1. The van der Waals surface area contributed by atoms with Crippen molar-refractivity contribution in [3.05, 3.63) is 52.2 Å². The van der Waals surface area contributed by atoms with E-state index in [-0.39, 0.29) is 12.5 Å². The van der Waals surface area contributed by atoms with E-state index in [2.05, 4.69) is 16.8 Å². The van der Waals surface area contributed by atoms with E-state index in [4.69, 9.17) is 4.74 Å². The van der Waals surface area contributed by atoms with Crippen LogP contribution in [-0.2, 0) is 11.2 Å². The van der Waals surface area contributed by atoms with E-state index >= 15 is 0 Å². The molecule has 0 aliphatic rings. The maximum atomic E-state index is 11.6. The molecule has 3 nitrogen and oxygen atoms in total. The Morgan fingerprint density at radius 1 is 1.26 bits per heavy atom. The summed E-state index contributed by atoms with van der Waals surface area (Å²) >= 11 is 1.67. The molecular weight excluding hydrogens is 258 g/mol. The van der Waals surface area contributed by atoms with E-state index in [1.807, 2.05) is 36.6 Å². The molecule has 0 atom stereocenters. The Balaban J connectivity index is 1.65. The quantitative estimate of drug-likeness (QED) is 0.880. The van der Waals surface area contributed by atoms with E-state index < -0.39 is 0 Å². The normalized spacial score (nSPS) is 10.2. The zero-order valence-corrected chi connectivity index (χ0v) is 11.7. The van der Waals surface area contributed by atoms with Crippen LogP contribution in [0, 0.1) is 6.92 Å². The second kappa shape index (κ2) is 6.95. The third-order valence-corrected chi connectivity index (χ3v) is 3.44. The Morgan fingerprint density at radius 3 is 2.74 bits per heavy atom. The van der Waals surface area contributed by atoms with Gasteiger partial charge in [0.25, 0.3) is 5.91 Å². The van der Waals surface area contributed by atoms with Crippen LogP contribution in [0.15, 0.2) is 41.1 Å². The molecule has 0 aliphatic carbocycles. The summed E-state index contributed by atoms with van der Waals surface area (Å²) in [5.41, 5.74) is 2.43. The van der Waals surface area contributed by atoms with Crippen LogP contribution in [0.25, 0.3) is 0 Å². The van der Waals surface area contributed by atoms with Gasteiger partial charge in [-0.1, -0.05) is 17.7 Å². The minimum atomic E-state index is -0.0872. The van der Waals surface area contributed by atoms with Crippen molar-refractivity contribution in [3.8, 4) is 5.75 Å². The average molecular weight is 275 g/mol. The molecule has 4 heteroatoms. The van der Waals surface area contributed by atoms with E-state index in [9.17, 15) is 4.79 Å². The molecule has 0 aliphatic heterocycles. The molecule has 0 unspecified atom stereocenters. The van der Waals surface area contributed by atoms with Gasteiger partial charge >= 0.3 is 0 Å². The number of hydrogen-bond acceptors (Lipinski definition) is 3. The molecule has 0 spiro atoms. The summed E-state index contributed by atoms with van der Waals surface area (Å²) in [4.78, 5) is 11.6.